The van der Waals surface area contributed by atoms with Gasteiger partial charge in [-0.2, -0.15) is 10.4 Å². The first-order chi connectivity index (χ1) is 8.60. The van der Waals surface area contributed by atoms with E-state index in [2.05, 4.69) is 31.3 Å². The van der Waals surface area contributed by atoms with Crippen molar-refractivity contribution in [1.29, 1.82) is 5.26 Å². The molecule has 0 fully saturated rings. The van der Waals surface area contributed by atoms with Crippen molar-refractivity contribution in [2.24, 2.45) is 7.05 Å². The van der Waals surface area contributed by atoms with Crippen molar-refractivity contribution < 1.29 is 4.79 Å². The Kier molecular flexibility index (Phi) is 3.39. The Bertz CT molecular complexity index is 643. The van der Waals surface area contributed by atoms with Gasteiger partial charge in [-0.3, -0.25) is 9.48 Å². The Morgan fingerprint density at radius 1 is 1.56 bits per heavy atom. The van der Waals surface area contributed by atoms with Gasteiger partial charge in [-0.25, -0.2) is 4.98 Å². The highest BCUT2D eigenvalue weighted by Crippen LogP contribution is 2.13. The summed E-state index contributed by atoms with van der Waals surface area (Å²) in [4.78, 5) is 15.9. The molecule has 0 unspecified atom stereocenters. The second-order valence-corrected chi connectivity index (χ2v) is 4.29. The maximum Gasteiger partial charge on any atom is 0.275 e. The minimum atomic E-state index is -0.411. The van der Waals surface area contributed by atoms with Crippen molar-refractivity contribution >= 4 is 27.7 Å². The molecule has 0 aliphatic heterocycles. The van der Waals surface area contributed by atoms with E-state index in [9.17, 15) is 4.79 Å². The summed E-state index contributed by atoms with van der Waals surface area (Å²) in [6.07, 6.45) is 1.53. The molecule has 18 heavy (non-hydrogen) atoms. The number of nitriles is 1. The Hall–Kier alpha value is -2.20. The molecule has 0 aliphatic rings. The zero-order valence-electron chi connectivity index (χ0n) is 9.38. The first-order valence-corrected chi connectivity index (χ1v) is 5.77. The summed E-state index contributed by atoms with van der Waals surface area (Å²) in [7, 11) is 1.67. The molecule has 6 nitrogen and oxygen atoms in total. The molecule has 2 aromatic heterocycles. The number of carbonyl (C=O) groups excluding carboxylic acids is 1. The molecular formula is C11H8BrN5O. The van der Waals surface area contributed by atoms with Gasteiger partial charge in [0.1, 0.15) is 21.9 Å². The lowest BCUT2D eigenvalue weighted by molar-refractivity contribution is 0.102. The fourth-order valence-electron chi connectivity index (χ4n) is 1.37. The van der Waals surface area contributed by atoms with Crippen LogP contribution in [-0.2, 0) is 7.05 Å². The second-order valence-electron chi connectivity index (χ2n) is 3.48. The number of amides is 1. The lowest BCUT2D eigenvalue weighted by atomic mass is 10.3. The third kappa shape index (κ3) is 2.55. The average Bonchev–Trinajstić information content (AvgIpc) is 2.69. The van der Waals surface area contributed by atoms with Crippen LogP contribution in [0.1, 0.15) is 16.1 Å². The quantitative estimate of drug-likeness (QED) is 0.856. The van der Waals surface area contributed by atoms with Gasteiger partial charge in [0.15, 0.2) is 5.82 Å². The summed E-state index contributed by atoms with van der Waals surface area (Å²) in [6.45, 7) is 0. The maximum absolute atomic E-state index is 11.9. The topological polar surface area (TPSA) is 83.6 Å². The van der Waals surface area contributed by atoms with Crippen LogP contribution in [0.2, 0.25) is 0 Å². The van der Waals surface area contributed by atoms with Crippen molar-refractivity contribution in [3.8, 4) is 6.07 Å². The largest absolute Gasteiger partial charge is 0.303 e. The van der Waals surface area contributed by atoms with E-state index in [4.69, 9.17) is 5.26 Å². The minimum absolute atomic E-state index is 0.228. The van der Waals surface area contributed by atoms with Crippen molar-refractivity contribution in [3.05, 3.63) is 40.3 Å². The molecule has 0 bridgehead atoms. The zero-order valence-corrected chi connectivity index (χ0v) is 11.0. The first kappa shape index (κ1) is 12.3. The van der Waals surface area contributed by atoms with Crippen molar-refractivity contribution in [1.82, 2.24) is 14.8 Å². The third-order valence-electron chi connectivity index (χ3n) is 2.13. The predicted molar refractivity (Wildman–Crippen MR) is 67.8 cm³/mol. The lowest BCUT2D eigenvalue weighted by Crippen LogP contribution is -2.14. The van der Waals surface area contributed by atoms with Crippen LogP contribution in [0, 0.1) is 11.3 Å². The van der Waals surface area contributed by atoms with Gasteiger partial charge in [0, 0.05) is 13.2 Å². The normalized spacial score (nSPS) is 9.83. The molecule has 1 amide bonds. The van der Waals surface area contributed by atoms with Crippen LogP contribution in [-0.4, -0.2) is 20.7 Å². The standard InChI is InChI=1S/C11H8BrN5O/c1-17-6-7(5-13)10(16-17)15-11(18)8-3-2-4-9(12)14-8/h2-4,6H,1H3,(H,15,16,18). The molecule has 0 spiro atoms. The number of carbonyl (C=O) groups is 1. The van der Waals surface area contributed by atoms with E-state index in [-0.39, 0.29) is 11.5 Å². The molecule has 1 N–H and O–H groups in total. The number of rotatable bonds is 2. The number of anilines is 1. The molecule has 2 aromatic rings. The Morgan fingerprint density at radius 2 is 2.33 bits per heavy atom. The van der Waals surface area contributed by atoms with E-state index in [1.54, 1.807) is 25.2 Å². The van der Waals surface area contributed by atoms with Crippen LogP contribution < -0.4 is 5.32 Å². The number of halogens is 1. The fraction of sp³-hybridized carbons (Fsp3) is 0.0909. The summed E-state index contributed by atoms with van der Waals surface area (Å²) in [5.74, 6) is -0.182. The third-order valence-corrected chi connectivity index (χ3v) is 2.57. The van der Waals surface area contributed by atoms with Crippen LogP contribution in [0.15, 0.2) is 29.0 Å². The van der Waals surface area contributed by atoms with Gasteiger partial charge in [-0.1, -0.05) is 6.07 Å². The number of nitrogens with one attached hydrogen (secondary N) is 1. The molecule has 90 valence electrons. The van der Waals surface area contributed by atoms with E-state index in [1.165, 1.54) is 10.9 Å². The van der Waals surface area contributed by atoms with E-state index in [0.717, 1.165) is 0 Å². The van der Waals surface area contributed by atoms with Crippen molar-refractivity contribution in [3.63, 3.8) is 0 Å². The first-order valence-electron chi connectivity index (χ1n) is 4.98. The molecule has 0 aromatic carbocycles. The number of hydrogen-bond donors (Lipinski definition) is 1. The van der Waals surface area contributed by atoms with Gasteiger partial charge >= 0.3 is 0 Å². The zero-order chi connectivity index (χ0) is 13.1. The molecule has 2 heterocycles. The smallest absolute Gasteiger partial charge is 0.275 e. The van der Waals surface area contributed by atoms with Crippen molar-refractivity contribution in [2.45, 2.75) is 0 Å². The molecule has 0 aliphatic carbocycles. The van der Waals surface area contributed by atoms with Crippen LogP contribution in [0.5, 0.6) is 0 Å². The summed E-state index contributed by atoms with van der Waals surface area (Å²) in [5, 5.41) is 15.4. The number of hydrogen-bond acceptors (Lipinski definition) is 4. The highest BCUT2D eigenvalue weighted by atomic mass is 79.9. The monoisotopic (exact) mass is 305 g/mol. The molecule has 0 atom stereocenters. The van der Waals surface area contributed by atoms with Gasteiger partial charge < -0.3 is 5.32 Å². The second kappa shape index (κ2) is 4.98. The van der Waals surface area contributed by atoms with Crippen LogP contribution in [0.4, 0.5) is 5.82 Å². The Labute approximate surface area is 111 Å². The van der Waals surface area contributed by atoms with E-state index in [0.29, 0.717) is 10.2 Å². The summed E-state index contributed by atoms with van der Waals surface area (Å²) in [5.41, 5.74) is 0.555. The number of pyridine rings is 1. The lowest BCUT2D eigenvalue weighted by Gasteiger charge is -2.01. The predicted octanol–water partition coefficient (Wildman–Crippen LogP) is 1.70. The summed E-state index contributed by atoms with van der Waals surface area (Å²) < 4.78 is 2.03. The molecule has 0 saturated carbocycles. The molecule has 7 heteroatoms. The van der Waals surface area contributed by atoms with Gasteiger partial charge in [0.25, 0.3) is 5.91 Å². The SMILES string of the molecule is Cn1cc(C#N)c(NC(=O)c2cccc(Br)n2)n1. The van der Waals surface area contributed by atoms with Crippen LogP contribution >= 0.6 is 15.9 Å². The molecule has 0 saturated heterocycles. The maximum atomic E-state index is 11.9. The Balaban J connectivity index is 2.24. The number of nitrogens with zero attached hydrogens (tertiary/aromatic N) is 4. The molecular weight excluding hydrogens is 298 g/mol. The summed E-state index contributed by atoms with van der Waals surface area (Å²) >= 11 is 3.18. The minimum Gasteiger partial charge on any atom is -0.303 e. The fourth-order valence-corrected chi connectivity index (χ4v) is 1.71. The van der Waals surface area contributed by atoms with Gasteiger partial charge in [-0.15, -0.1) is 0 Å². The van der Waals surface area contributed by atoms with E-state index >= 15 is 0 Å². The summed E-state index contributed by atoms with van der Waals surface area (Å²) in [6, 6.07) is 6.96. The molecule has 0 radical (unpaired) electrons. The highest BCUT2D eigenvalue weighted by Gasteiger charge is 2.13. The van der Waals surface area contributed by atoms with Crippen LogP contribution in [0.3, 0.4) is 0 Å². The highest BCUT2D eigenvalue weighted by molar-refractivity contribution is 9.10. The van der Waals surface area contributed by atoms with Crippen molar-refractivity contribution in [2.75, 3.05) is 5.32 Å². The van der Waals surface area contributed by atoms with Gasteiger partial charge in [-0.05, 0) is 28.1 Å². The van der Waals surface area contributed by atoms with Gasteiger partial charge in [0.2, 0.25) is 0 Å². The average molecular weight is 306 g/mol. The Morgan fingerprint density at radius 3 is 3.00 bits per heavy atom. The van der Waals surface area contributed by atoms with Gasteiger partial charge in [0.05, 0.1) is 0 Å². The van der Waals surface area contributed by atoms with E-state index < -0.39 is 5.91 Å². The number of aryl methyl sites for hydroxylation is 1. The molecule has 2 rings (SSSR count). The number of aromatic nitrogens is 3. The van der Waals surface area contributed by atoms with E-state index in [1.807, 2.05) is 6.07 Å². The van der Waals surface area contributed by atoms with Crippen LogP contribution in [0.25, 0.3) is 0 Å².